The lowest BCUT2D eigenvalue weighted by molar-refractivity contribution is -0.139. The first kappa shape index (κ1) is 11.5. The van der Waals surface area contributed by atoms with Crippen molar-refractivity contribution >= 4 is 5.97 Å². The van der Waals surface area contributed by atoms with Crippen molar-refractivity contribution in [3.63, 3.8) is 0 Å². The Morgan fingerprint density at radius 3 is 2.67 bits per heavy atom. The molecule has 1 aromatic carbocycles. The van der Waals surface area contributed by atoms with Crippen molar-refractivity contribution in [2.75, 3.05) is 6.54 Å². The van der Waals surface area contributed by atoms with Crippen LogP contribution in [0, 0.1) is 0 Å². The van der Waals surface area contributed by atoms with Gasteiger partial charge in [0, 0.05) is 6.54 Å². The van der Waals surface area contributed by atoms with Crippen molar-refractivity contribution < 1.29 is 9.90 Å². The second kappa shape index (κ2) is 5.98. The fourth-order valence-corrected chi connectivity index (χ4v) is 1.32. The molecule has 0 aromatic heterocycles. The molecule has 1 rings (SSSR count). The molecule has 80 valence electrons. The summed E-state index contributed by atoms with van der Waals surface area (Å²) in [5.41, 5.74) is 1.02. The quantitative estimate of drug-likeness (QED) is 0.691. The molecule has 0 saturated carbocycles. The summed E-state index contributed by atoms with van der Waals surface area (Å²) in [6, 6.07) is 9.02. The fraction of sp³-hybridized carbons (Fsp3) is 0.250. The molecule has 0 heterocycles. The molecule has 0 saturated heterocycles. The molecule has 1 aromatic rings. The van der Waals surface area contributed by atoms with E-state index in [9.17, 15) is 4.79 Å². The second-order valence-electron chi connectivity index (χ2n) is 3.28. The van der Waals surface area contributed by atoms with E-state index in [0.29, 0.717) is 13.0 Å². The summed E-state index contributed by atoms with van der Waals surface area (Å²) < 4.78 is 0. The van der Waals surface area contributed by atoms with Gasteiger partial charge in [0.15, 0.2) is 0 Å². The highest BCUT2D eigenvalue weighted by Gasteiger charge is 2.15. The molecule has 0 aliphatic heterocycles. The van der Waals surface area contributed by atoms with E-state index in [4.69, 9.17) is 5.11 Å². The van der Waals surface area contributed by atoms with Crippen LogP contribution in [0.5, 0.6) is 0 Å². The van der Waals surface area contributed by atoms with E-state index >= 15 is 0 Å². The maximum atomic E-state index is 10.9. The van der Waals surface area contributed by atoms with Crippen LogP contribution in [0.25, 0.3) is 0 Å². The number of nitrogens with one attached hydrogen (secondary N) is 1. The van der Waals surface area contributed by atoms with Gasteiger partial charge in [0.05, 0.1) is 0 Å². The van der Waals surface area contributed by atoms with E-state index in [0.717, 1.165) is 5.56 Å². The Kier molecular flexibility index (Phi) is 4.57. The second-order valence-corrected chi connectivity index (χ2v) is 3.28. The maximum absolute atomic E-state index is 10.9. The number of benzene rings is 1. The molecule has 0 aliphatic carbocycles. The minimum absolute atomic E-state index is 0.490. The van der Waals surface area contributed by atoms with Crippen molar-refractivity contribution in [1.82, 2.24) is 5.32 Å². The van der Waals surface area contributed by atoms with Crippen molar-refractivity contribution in [2.45, 2.75) is 12.5 Å². The average molecular weight is 205 g/mol. The van der Waals surface area contributed by atoms with Crippen molar-refractivity contribution in [2.24, 2.45) is 0 Å². The highest BCUT2D eigenvalue weighted by Crippen LogP contribution is 2.03. The molecule has 0 amide bonds. The Labute approximate surface area is 89.4 Å². The average Bonchev–Trinajstić information content (AvgIpc) is 2.25. The van der Waals surface area contributed by atoms with Gasteiger partial charge >= 0.3 is 5.97 Å². The van der Waals surface area contributed by atoms with E-state index in [1.54, 1.807) is 6.08 Å². The smallest absolute Gasteiger partial charge is 0.321 e. The molecule has 1 atom stereocenters. The summed E-state index contributed by atoms with van der Waals surface area (Å²) in [7, 11) is 0. The van der Waals surface area contributed by atoms with Crippen LogP contribution in [0.15, 0.2) is 43.0 Å². The van der Waals surface area contributed by atoms with Gasteiger partial charge in [0.25, 0.3) is 0 Å². The van der Waals surface area contributed by atoms with Crippen LogP contribution < -0.4 is 5.32 Å². The van der Waals surface area contributed by atoms with E-state index in [2.05, 4.69) is 11.9 Å². The number of aliphatic carboxylic acids is 1. The summed E-state index contributed by atoms with van der Waals surface area (Å²) in [6.07, 6.45) is 2.14. The Bertz CT molecular complexity index is 322. The minimum atomic E-state index is -0.833. The van der Waals surface area contributed by atoms with Crippen LogP contribution >= 0.6 is 0 Å². The van der Waals surface area contributed by atoms with Crippen LogP contribution in [0.3, 0.4) is 0 Å². The molecule has 0 radical (unpaired) electrons. The van der Waals surface area contributed by atoms with Gasteiger partial charge in [-0.25, -0.2) is 0 Å². The zero-order chi connectivity index (χ0) is 11.1. The zero-order valence-corrected chi connectivity index (χ0v) is 8.52. The maximum Gasteiger partial charge on any atom is 0.321 e. The largest absolute Gasteiger partial charge is 0.480 e. The Balaban J connectivity index is 2.58. The predicted octanol–water partition coefficient (Wildman–Crippen LogP) is 1.46. The summed E-state index contributed by atoms with van der Waals surface area (Å²) in [4.78, 5) is 10.9. The van der Waals surface area contributed by atoms with E-state index in [-0.39, 0.29) is 0 Å². The fourth-order valence-electron chi connectivity index (χ4n) is 1.32. The van der Waals surface area contributed by atoms with E-state index in [1.165, 1.54) is 0 Å². The topological polar surface area (TPSA) is 49.3 Å². The Morgan fingerprint density at radius 2 is 2.13 bits per heavy atom. The van der Waals surface area contributed by atoms with Gasteiger partial charge in [-0.2, -0.15) is 0 Å². The highest BCUT2D eigenvalue weighted by molar-refractivity contribution is 5.73. The van der Waals surface area contributed by atoms with Crippen molar-refractivity contribution in [1.29, 1.82) is 0 Å². The molecule has 0 spiro atoms. The first-order valence-electron chi connectivity index (χ1n) is 4.85. The first-order chi connectivity index (χ1) is 7.24. The molecule has 15 heavy (non-hydrogen) atoms. The van der Waals surface area contributed by atoms with Crippen molar-refractivity contribution in [3.8, 4) is 0 Å². The van der Waals surface area contributed by atoms with Gasteiger partial charge in [-0.3, -0.25) is 4.79 Å². The Morgan fingerprint density at radius 1 is 1.47 bits per heavy atom. The lowest BCUT2D eigenvalue weighted by atomic mass is 10.1. The monoisotopic (exact) mass is 205 g/mol. The predicted molar refractivity (Wildman–Crippen MR) is 59.8 cm³/mol. The molecule has 0 aliphatic rings. The molecule has 0 bridgehead atoms. The van der Waals surface area contributed by atoms with Gasteiger partial charge < -0.3 is 10.4 Å². The molecule has 3 heteroatoms. The molecule has 1 unspecified atom stereocenters. The van der Waals surface area contributed by atoms with Gasteiger partial charge in [-0.15, -0.1) is 6.58 Å². The van der Waals surface area contributed by atoms with Gasteiger partial charge in [-0.05, 0) is 12.0 Å². The summed E-state index contributed by atoms with van der Waals surface area (Å²) in [6.45, 7) is 4.05. The van der Waals surface area contributed by atoms with Gasteiger partial charge in [0.2, 0.25) is 0 Å². The standard InChI is InChI=1S/C12H15NO2/c1-2-8-13-11(12(14)15)9-10-6-4-3-5-7-10/h2-7,11,13H,1,8-9H2,(H,14,15). The Hall–Kier alpha value is -1.61. The van der Waals surface area contributed by atoms with Crippen molar-refractivity contribution in [3.05, 3.63) is 48.6 Å². The minimum Gasteiger partial charge on any atom is -0.480 e. The molecule has 3 nitrogen and oxygen atoms in total. The summed E-state index contributed by atoms with van der Waals surface area (Å²) in [5, 5.41) is 11.9. The normalized spacial score (nSPS) is 12.0. The lowest BCUT2D eigenvalue weighted by Gasteiger charge is -2.12. The van der Waals surface area contributed by atoms with E-state index in [1.807, 2.05) is 30.3 Å². The third-order valence-corrected chi connectivity index (χ3v) is 2.09. The van der Waals surface area contributed by atoms with Gasteiger partial charge in [-0.1, -0.05) is 36.4 Å². The number of carbonyl (C=O) groups is 1. The van der Waals surface area contributed by atoms with Gasteiger partial charge in [0.1, 0.15) is 6.04 Å². The third kappa shape index (κ3) is 3.95. The summed E-state index contributed by atoms with van der Waals surface area (Å²) in [5.74, 6) is -0.833. The molecule has 0 fully saturated rings. The van der Waals surface area contributed by atoms with Crippen LogP contribution in [0.4, 0.5) is 0 Å². The number of rotatable bonds is 6. The number of hydrogen-bond acceptors (Lipinski definition) is 2. The lowest BCUT2D eigenvalue weighted by Crippen LogP contribution is -2.38. The molecular weight excluding hydrogens is 190 g/mol. The zero-order valence-electron chi connectivity index (χ0n) is 8.52. The highest BCUT2D eigenvalue weighted by atomic mass is 16.4. The summed E-state index contributed by atoms with van der Waals surface area (Å²) >= 11 is 0. The SMILES string of the molecule is C=CCNC(Cc1ccccc1)C(=O)O. The van der Waals surface area contributed by atoms with Crippen LogP contribution in [-0.4, -0.2) is 23.7 Å². The van der Waals surface area contributed by atoms with Crippen LogP contribution in [-0.2, 0) is 11.2 Å². The van der Waals surface area contributed by atoms with Crippen LogP contribution in [0.2, 0.25) is 0 Å². The first-order valence-corrected chi connectivity index (χ1v) is 4.85. The molecule has 2 N–H and O–H groups in total. The number of carboxylic acids is 1. The van der Waals surface area contributed by atoms with Crippen LogP contribution in [0.1, 0.15) is 5.56 Å². The number of hydrogen-bond donors (Lipinski definition) is 2. The molecular formula is C12H15NO2. The third-order valence-electron chi connectivity index (χ3n) is 2.09. The van der Waals surface area contributed by atoms with E-state index < -0.39 is 12.0 Å². The number of carboxylic acid groups (broad SMARTS) is 1.